The summed E-state index contributed by atoms with van der Waals surface area (Å²) >= 11 is 0. The van der Waals surface area contributed by atoms with Gasteiger partial charge in [0.15, 0.2) is 0 Å². The molecule has 1 atom stereocenters. The topological polar surface area (TPSA) is 86.8 Å². The first-order valence-corrected chi connectivity index (χ1v) is 10.6. The van der Waals surface area contributed by atoms with Crippen molar-refractivity contribution in [2.24, 2.45) is 0 Å². The zero-order valence-electron chi connectivity index (χ0n) is 15.5. The van der Waals surface area contributed by atoms with Gasteiger partial charge in [0.1, 0.15) is 0 Å². The van der Waals surface area contributed by atoms with Crippen LogP contribution in [0.25, 0.3) is 0 Å². The van der Waals surface area contributed by atoms with Crippen molar-refractivity contribution < 1.29 is 18.0 Å². The molecule has 1 aromatic carbocycles. The molecular formula is C18H27N3O4S. The lowest BCUT2D eigenvalue weighted by Crippen LogP contribution is -2.47. The Kier molecular flexibility index (Phi) is 6.77. The number of nitrogens with zero attached hydrogens (tertiary/aromatic N) is 2. The van der Waals surface area contributed by atoms with E-state index in [0.717, 1.165) is 5.56 Å². The van der Waals surface area contributed by atoms with Crippen LogP contribution in [0.3, 0.4) is 0 Å². The molecule has 144 valence electrons. The molecule has 0 spiro atoms. The number of piperidine rings is 1. The molecule has 0 saturated carbocycles. The highest BCUT2D eigenvalue weighted by Crippen LogP contribution is 2.22. The van der Waals surface area contributed by atoms with Crippen molar-refractivity contribution in [2.75, 3.05) is 26.4 Å². The number of likely N-dealkylation sites (tertiary alicyclic amines) is 1. The van der Waals surface area contributed by atoms with E-state index in [9.17, 15) is 18.0 Å². The molecule has 2 rings (SSSR count). The largest absolute Gasteiger partial charge is 0.349 e. The van der Waals surface area contributed by atoms with Crippen molar-refractivity contribution in [3.05, 3.63) is 35.9 Å². The van der Waals surface area contributed by atoms with E-state index in [4.69, 9.17) is 0 Å². The third kappa shape index (κ3) is 5.54. The van der Waals surface area contributed by atoms with Gasteiger partial charge < -0.3 is 10.2 Å². The van der Waals surface area contributed by atoms with Gasteiger partial charge in [-0.05, 0) is 18.4 Å². The summed E-state index contributed by atoms with van der Waals surface area (Å²) in [6, 6.07) is 8.98. The van der Waals surface area contributed by atoms with Gasteiger partial charge in [0.25, 0.3) is 0 Å². The highest BCUT2D eigenvalue weighted by molar-refractivity contribution is 7.88. The highest BCUT2D eigenvalue weighted by atomic mass is 32.2. The van der Waals surface area contributed by atoms with Gasteiger partial charge in [0.2, 0.25) is 21.8 Å². The molecule has 0 radical (unpaired) electrons. The Hall–Kier alpha value is -1.93. The number of carbonyl (C=O) groups is 2. The summed E-state index contributed by atoms with van der Waals surface area (Å²) in [5.41, 5.74) is 0.891. The van der Waals surface area contributed by atoms with Gasteiger partial charge >= 0.3 is 0 Å². The minimum Gasteiger partial charge on any atom is -0.349 e. The molecule has 8 heteroatoms. The summed E-state index contributed by atoms with van der Waals surface area (Å²) in [7, 11) is -1.64. The molecule has 1 unspecified atom stereocenters. The number of carbonyl (C=O) groups excluding carboxylic acids is 2. The van der Waals surface area contributed by atoms with Crippen LogP contribution < -0.4 is 5.32 Å². The van der Waals surface area contributed by atoms with E-state index in [1.807, 2.05) is 30.3 Å². The maximum absolute atomic E-state index is 12.7. The Morgan fingerprint density at radius 1 is 1.23 bits per heavy atom. The average molecular weight is 381 g/mol. The third-order valence-corrected chi connectivity index (χ3v) is 6.16. The minimum absolute atomic E-state index is 0.0342. The number of sulfonamides is 1. The van der Waals surface area contributed by atoms with Gasteiger partial charge in [-0.25, -0.2) is 12.7 Å². The van der Waals surface area contributed by atoms with Crippen molar-refractivity contribution in [3.8, 4) is 0 Å². The van der Waals surface area contributed by atoms with Crippen LogP contribution in [0.2, 0.25) is 0 Å². The molecule has 1 heterocycles. The second kappa shape index (κ2) is 8.64. The SMILES string of the molecule is CC(=O)NC(CC(=O)N1CCC(N(C)S(C)(=O)=O)CC1)c1ccccc1. The lowest BCUT2D eigenvalue weighted by Gasteiger charge is -2.36. The van der Waals surface area contributed by atoms with E-state index in [-0.39, 0.29) is 30.3 Å². The molecule has 1 aromatic rings. The Morgan fingerprint density at radius 2 is 1.81 bits per heavy atom. The van der Waals surface area contributed by atoms with Gasteiger partial charge in [0.05, 0.1) is 18.7 Å². The summed E-state index contributed by atoms with van der Waals surface area (Å²) in [4.78, 5) is 25.9. The quantitative estimate of drug-likeness (QED) is 0.800. The van der Waals surface area contributed by atoms with Gasteiger partial charge in [0, 0.05) is 33.1 Å². The van der Waals surface area contributed by atoms with Crippen LogP contribution >= 0.6 is 0 Å². The smallest absolute Gasteiger partial charge is 0.224 e. The van der Waals surface area contributed by atoms with Crippen molar-refractivity contribution in [2.45, 2.75) is 38.3 Å². The molecule has 2 amide bonds. The molecule has 0 aromatic heterocycles. The fourth-order valence-corrected chi connectivity index (χ4v) is 3.99. The van der Waals surface area contributed by atoms with Gasteiger partial charge in [-0.15, -0.1) is 0 Å². The second-order valence-corrected chi connectivity index (χ2v) is 8.80. The Bertz CT molecular complexity index is 728. The van der Waals surface area contributed by atoms with Crippen LogP contribution in [0.5, 0.6) is 0 Å². The fraction of sp³-hybridized carbons (Fsp3) is 0.556. The summed E-state index contributed by atoms with van der Waals surface area (Å²) in [6.07, 6.45) is 2.62. The van der Waals surface area contributed by atoms with Crippen LogP contribution in [0.4, 0.5) is 0 Å². The predicted octanol–water partition coefficient (Wildman–Crippen LogP) is 1.14. The average Bonchev–Trinajstić information content (AvgIpc) is 2.60. The van der Waals surface area contributed by atoms with Crippen LogP contribution in [0.15, 0.2) is 30.3 Å². The molecule has 7 nitrogen and oxygen atoms in total. The molecule has 1 aliphatic heterocycles. The summed E-state index contributed by atoms with van der Waals surface area (Å²) in [5, 5.41) is 2.84. The van der Waals surface area contributed by atoms with E-state index in [2.05, 4.69) is 5.32 Å². The highest BCUT2D eigenvalue weighted by Gasteiger charge is 2.30. The lowest BCUT2D eigenvalue weighted by atomic mass is 10.0. The third-order valence-electron chi connectivity index (χ3n) is 4.81. The van der Waals surface area contributed by atoms with Crippen LogP contribution in [-0.4, -0.2) is 61.9 Å². The Morgan fingerprint density at radius 3 is 2.31 bits per heavy atom. The number of benzene rings is 1. The molecular weight excluding hydrogens is 354 g/mol. The van der Waals surface area contributed by atoms with Gasteiger partial charge in [-0.1, -0.05) is 30.3 Å². The maximum atomic E-state index is 12.7. The van der Waals surface area contributed by atoms with Crippen LogP contribution in [0.1, 0.15) is 37.8 Å². The minimum atomic E-state index is -3.23. The van der Waals surface area contributed by atoms with E-state index < -0.39 is 10.0 Å². The molecule has 1 fully saturated rings. The molecule has 1 N–H and O–H groups in total. The van der Waals surface area contributed by atoms with Crippen LogP contribution in [-0.2, 0) is 19.6 Å². The van der Waals surface area contributed by atoms with Crippen molar-refractivity contribution in [3.63, 3.8) is 0 Å². The van der Waals surface area contributed by atoms with Crippen molar-refractivity contribution in [1.82, 2.24) is 14.5 Å². The molecule has 1 saturated heterocycles. The predicted molar refractivity (Wildman–Crippen MR) is 99.8 cm³/mol. The summed E-state index contributed by atoms with van der Waals surface area (Å²) < 4.78 is 24.7. The zero-order valence-corrected chi connectivity index (χ0v) is 16.3. The van der Waals surface area contributed by atoms with Crippen molar-refractivity contribution >= 4 is 21.8 Å². The van der Waals surface area contributed by atoms with E-state index in [1.165, 1.54) is 17.5 Å². The number of hydrogen-bond acceptors (Lipinski definition) is 4. The van der Waals surface area contributed by atoms with Gasteiger partial charge in [-0.2, -0.15) is 0 Å². The lowest BCUT2D eigenvalue weighted by molar-refractivity contribution is -0.133. The first kappa shape index (κ1) is 20.4. The first-order chi connectivity index (χ1) is 12.2. The van der Waals surface area contributed by atoms with Gasteiger partial charge in [-0.3, -0.25) is 9.59 Å². The molecule has 0 aliphatic carbocycles. The second-order valence-electron chi connectivity index (χ2n) is 6.76. The van der Waals surface area contributed by atoms with E-state index in [1.54, 1.807) is 11.9 Å². The Balaban J connectivity index is 1.97. The molecule has 26 heavy (non-hydrogen) atoms. The maximum Gasteiger partial charge on any atom is 0.224 e. The number of nitrogens with one attached hydrogen (secondary N) is 1. The number of amides is 2. The van der Waals surface area contributed by atoms with E-state index in [0.29, 0.717) is 25.9 Å². The fourth-order valence-electron chi connectivity index (χ4n) is 3.24. The normalized spacial score (nSPS) is 17.2. The monoisotopic (exact) mass is 381 g/mol. The Labute approximate surface area is 155 Å². The summed E-state index contributed by atoms with van der Waals surface area (Å²) in [5.74, 6) is -0.215. The standard InChI is InChI=1S/C18H27N3O4S/c1-14(22)19-17(15-7-5-4-6-8-15)13-18(23)21-11-9-16(10-12-21)20(2)26(3,24)25/h4-8,16-17H,9-13H2,1-3H3,(H,19,22). The summed E-state index contributed by atoms with van der Waals surface area (Å²) in [6.45, 7) is 2.48. The molecule has 0 bridgehead atoms. The number of rotatable bonds is 6. The van der Waals surface area contributed by atoms with Crippen LogP contribution in [0, 0.1) is 0 Å². The van der Waals surface area contributed by atoms with E-state index >= 15 is 0 Å². The zero-order chi connectivity index (χ0) is 19.3. The number of hydrogen-bond donors (Lipinski definition) is 1. The first-order valence-electron chi connectivity index (χ1n) is 8.71. The van der Waals surface area contributed by atoms with Crippen molar-refractivity contribution in [1.29, 1.82) is 0 Å². The molecule has 1 aliphatic rings.